The number of esters is 1. The average molecular weight is 347 g/mol. The summed E-state index contributed by atoms with van der Waals surface area (Å²) in [5.74, 6) is 1.86. The van der Waals surface area contributed by atoms with E-state index in [9.17, 15) is 4.79 Å². The molecule has 0 aliphatic carbocycles. The lowest BCUT2D eigenvalue weighted by molar-refractivity contribution is -0.130. The first-order chi connectivity index (χ1) is 12.8. The van der Waals surface area contributed by atoms with Crippen molar-refractivity contribution < 1.29 is 23.7 Å². The van der Waals surface area contributed by atoms with Gasteiger partial charge in [-0.05, 0) is 42.0 Å². The van der Waals surface area contributed by atoms with Crippen molar-refractivity contribution in [2.24, 2.45) is 4.99 Å². The topological polar surface area (TPSA) is 66.4 Å². The van der Waals surface area contributed by atoms with E-state index in [4.69, 9.17) is 18.9 Å². The average Bonchev–Trinajstić information content (AvgIpc) is 3.28. The molecule has 0 fully saturated rings. The first kappa shape index (κ1) is 14.8. The first-order valence-electron chi connectivity index (χ1n) is 8.11. The van der Waals surface area contributed by atoms with E-state index in [2.05, 4.69) is 4.99 Å². The smallest absolute Gasteiger partial charge is 0.363 e. The number of para-hydroxylation sites is 1. The van der Waals surface area contributed by atoms with Crippen LogP contribution in [0.5, 0.6) is 17.2 Å². The second-order valence-electron chi connectivity index (χ2n) is 5.95. The summed E-state index contributed by atoms with van der Waals surface area (Å²) >= 11 is 0. The molecule has 0 spiro atoms. The summed E-state index contributed by atoms with van der Waals surface area (Å²) in [5.41, 5.74) is 2.72. The fourth-order valence-corrected chi connectivity index (χ4v) is 2.95. The number of nitrogens with zero attached hydrogens (tertiary/aromatic N) is 1. The van der Waals surface area contributed by atoms with E-state index in [1.54, 1.807) is 24.3 Å². The van der Waals surface area contributed by atoms with Gasteiger partial charge in [0.2, 0.25) is 12.7 Å². The Bertz CT molecular complexity index is 1020. The van der Waals surface area contributed by atoms with Gasteiger partial charge in [0.25, 0.3) is 0 Å². The number of cyclic esters (lactones) is 1. The largest absolute Gasteiger partial charge is 0.488 e. The molecule has 6 nitrogen and oxygen atoms in total. The summed E-state index contributed by atoms with van der Waals surface area (Å²) in [6, 6.07) is 13.0. The summed E-state index contributed by atoms with van der Waals surface area (Å²) in [6.07, 6.45) is 3.67. The van der Waals surface area contributed by atoms with Crippen LogP contribution >= 0.6 is 0 Å². The fourth-order valence-electron chi connectivity index (χ4n) is 2.95. The van der Waals surface area contributed by atoms with Crippen LogP contribution in [0.3, 0.4) is 0 Å². The van der Waals surface area contributed by atoms with Gasteiger partial charge in [-0.3, -0.25) is 0 Å². The van der Waals surface area contributed by atoms with Gasteiger partial charge in [0.1, 0.15) is 12.4 Å². The summed E-state index contributed by atoms with van der Waals surface area (Å²) in [4.78, 5) is 16.5. The van der Waals surface area contributed by atoms with Gasteiger partial charge in [-0.25, -0.2) is 9.79 Å². The third-order valence-corrected chi connectivity index (χ3v) is 4.22. The molecule has 3 heterocycles. The van der Waals surface area contributed by atoms with E-state index in [0.29, 0.717) is 23.7 Å². The zero-order valence-corrected chi connectivity index (χ0v) is 13.6. The lowest BCUT2D eigenvalue weighted by Gasteiger charge is -2.15. The van der Waals surface area contributed by atoms with E-state index >= 15 is 0 Å². The summed E-state index contributed by atoms with van der Waals surface area (Å²) in [6.45, 7) is 0.564. The minimum Gasteiger partial charge on any atom is -0.488 e. The molecule has 0 N–H and O–H groups in total. The van der Waals surface area contributed by atoms with E-state index in [1.807, 2.05) is 30.3 Å². The molecular weight excluding hydrogens is 334 g/mol. The molecule has 0 saturated heterocycles. The second-order valence-corrected chi connectivity index (χ2v) is 5.95. The van der Waals surface area contributed by atoms with Crippen LogP contribution < -0.4 is 14.2 Å². The third-order valence-electron chi connectivity index (χ3n) is 4.22. The van der Waals surface area contributed by atoms with Crippen LogP contribution in [0.4, 0.5) is 0 Å². The van der Waals surface area contributed by atoms with Crippen LogP contribution in [0.2, 0.25) is 0 Å². The molecule has 0 atom stereocenters. The molecule has 2 aromatic rings. The van der Waals surface area contributed by atoms with Gasteiger partial charge in [-0.15, -0.1) is 0 Å². The van der Waals surface area contributed by atoms with Gasteiger partial charge >= 0.3 is 5.97 Å². The van der Waals surface area contributed by atoms with Gasteiger partial charge in [0, 0.05) is 11.1 Å². The monoisotopic (exact) mass is 347 g/mol. The van der Waals surface area contributed by atoms with Crippen LogP contribution in [0.25, 0.3) is 6.08 Å². The van der Waals surface area contributed by atoms with E-state index in [-0.39, 0.29) is 18.4 Å². The molecule has 3 aliphatic rings. The van der Waals surface area contributed by atoms with E-state index in [0.717, 1.165) is 16.9 Å². The van der Waals surface area contributed by atoms with Crippen LogP contribution in [-0.4, -0.2) is 25.3 Å². The molecule has 0 radical (unpaired) electrons. The Labute approximate surface area is 149 Å². The normalized spacial score (nSPS) is 18.8. The number of carbonyl (C=O) groups excluding carboxylic acids is 1. The molecule has 0 bridgehead atoms. The predicted molar refractivity (Wildman–Crippen MR) is 93.2 cm³/mol. The molecule has 0 saturated carbocycles. The Morgan fingerprint density at radius 1 is 0.962 bits per heavy atom. The molecule has 0 aromatic heterocycles. The van der Waals surface area contributed by atoms with Gasteiger partial charge in [-0.2, -0.15) is 0 Å². The zero-order chi connectivity index (χ0) is 17.5. The summed E-state index contributed by atoms with van der Waals surface area (Å²) < 4.78 is 21.6. The highest BCUT2D eigenvalue weighted by Crippen LogP contribution is 2.34. The van der Waals surface area contributed by atoms with Gasteiger partial charge in [-0.1, -0.05) is 18.2 Å². The second kappa shape index (κ2) is 5.77. The minimum absolute atomic E-state index is 0.186. The number of fused-ring (bicyclic) bond motifs is 2. The van der Waals surface area contributed by atoms with Gasteiger partial charge in [0.15, 0.2) is 17.2 Å². The molecule has 0 amide bonds. The Morgan fingerprint density at radius 3 is 2.81 bits per heavy atom. The predicted octanol–water partition coefficient (Wildman–Crippen LogP) is 3.08. The molecule has 6 heteroatoms. The minimum atomic E-state index is -0.488. The maximum atomic E-state index is 12.2. The highest BCUT2D eigenvalue weighted by Gasteiger charge is 2.26. The first-order valence-corrected chi connectivity index (χ1v) is 8.11. The van der Waals surface area contributed by atoms with Crippen molar-refractivity contribution in [1.82, 2.24) is 0 Å². The lowest BCUT2D eigenvalue weighted by Crippen LogP contribution is -2.08. The quantitative estimate of drug-likeness (QED) is 0.617. The van der Waals surface area contributed by atoms with Crippen molar-refractivity contribution in [2.75, 3.05) is 13.4 Å². The summed E-state index contributed by atoms with van der Waals surface area (Å²) in [5, 5.41) is 0. The van der Waals surface area contributed by atoms with Crippen molar-refractivity contribution in [2.45, 2.75) is 0 Å². The highest BCUT2D eigenvalue weighted by atomic mass is 16.7. The van der Waals surface area contributed by atoms with Crippen molar-refractivity contribution >= 4 is 17.9 Å². The lowest BCUT2D eigenvalue weighted by atomic mass is 10.1. The van der Waals surface area contributed by atoms with Crippen molar-refractivity contribution in [1.29, 1.82) is 0 Å². The van der Waals surface area contributed by atoms with Crippen molar-refractivity contribution in [3.05, 3.63) is 70.9 Å². The SMILES string of the molecule is O=C1OC(c2ccc3c(c2)OCO3)=N/C1=C\C1=Cc2ccccc2OC1. The zero-order valence-electron chi connectivity index (χ0n) is 13.6. The van der Waals surface area contributed by atoms with Crippen molar-refractivity contribution in [3.63, 3.8) is 0 Å². The van der Waals surface area contributed by atoms with Gasteiger partial charge < -0.3 is 18.9 Å². The fraction of sp³-hybridized carbons (Fsp3) is 0.100. The maximum Gasteiger partial charge on any atom is 0.363 e. The molecule has 26 heavy (non-hydrogen) atoms. The van der Waals surface area contributed by atoms with Crippen LogP contribution in [-0.2, 0) is 9.53 Å². The number of hydrogen-bond donors (Lipinski definition) is 0. The molecular formula is C20H13NO5. The Hall–Kier alpha value is -3.54. The van der Waals surface area contributed by atoms with Crippen molar-refractivity contribution in [3.8, 4) is 17.2 Å². The molecule has 128 valence electrons. The molecule has 3 aliphatic heterocycles. The standard InChI is InChI=1S/C20H13NO5/c22-20-15(8-12-7-13-3-1-2-4-16(13)23-10-12)21-19(26-20)14-5-6-17-18(9-14)25-11-24-17/h1-9H,10-11H2/b15-8-. The van der Waals surface area contributed by atoms with Gasteiger partial charge in [0.05, 0.1) is 0 Å². The number of benzene rings is 2. The van der Waals surface area contributed by atoms with E-state index < -0.39 is 5.97 Å². The molecule has 2 aromatic carbocycles. The van der Waals surface area contributed by atoms with Crippen LogP contribution in [0.1, 0.15) is 11.1 Å². The number of rotatable bonds is 2. The number of hydrogen-bond acceptors (Lipinski definition) is 6. The van der Waals surface area contributed by atoms with E-state index in [1.165, 1.54) is 0 Å². The number of aliphatic imine (C=N–C) groups is 1. The molecule has 5 rings (SSSR count). The Balaban J connectivity index is 1.46. The Morgan fingerprint density at radius 2 is 1.85 bits per heavy atom. The van der Waals surface area contributed by atoms with Crippen LogP contribution in [0.15, 0.2) is 64.8 Å². The van der Waals surface area contributed by atoms with Crippen LogP contribution in [0, 0.1) is 0 Å². The Kier molecular flexibility index (Phi) is 3.28. The molecule has 0 unspecified atom stereocenters. The number of carbonyl (C=O) groups is 1. The summed E-state index contributed by atoms with van der Waals surface area (Å²) in [7, 11) is 0. The highest BCUT2D eigenvalue weighted by molar-refractivity contribution is 6.11. The third kappa shape index (κ3) is 2.52. The maximum absolute atomic E-state index is 12.2. The number of ether oxygens (including phenoxy) is 4.